The maximum absolute atomic E-state index is 12.5. The first-order chi connectivity index (χ1) is 14.5. The second kappa shape index (κ2) is 10.1. The van der Waals surface area contributed by atoms with Crippen LogP contribution in [0, 0.1) is 0 Å². The van der Waals surface area contributed by atoms with Crippen molar-refractivity contribution in [2.45, 2.75) is 18.0 Å². The molecule has 0 aliphatic heterocycles. The number of aromatic nitrogens is 2. The van der Waals surface area contributed by atoms with Crippen molar-refractivity contribution in [3.05, 3.63) is 83.9 Å². The molecule has 0 aliphatic rings. The summed E-state index contributed by atoms with van der Waals surface area (Å²) in [7, 11) is -2.13. The van der Waals surface area contributed by atoms with Gasteiger partial charge >= 0.3 is 0 Å². The van der Waals surface area contributed by atoms with Gasteiger partial charge in [-0.15, -0.1) is 0 Å². The van der Waals surface area contributed by atoms with E-state index in [2.05, 4.69) is 15.0 Å². The summed E-state index contributed by atoms with van der Waals surface area (Å²) in [5.41, 5.74) is 2.47. The molecule has 0 fully saturated rings. The zero-order valence-electron chi connectivity index (χ0n) is 16.6. The summed E-state index contributed by atoms with van der Waals surface area (Å²) in [5, 5.41) is 2.89. The third-order valence-corrected chi connectivity index (χ3v) is 5.97. The fraction of sp³-hybridized carbons (Fsp3) is 0.238. The third kappa shape index (κ3) is 5.76. The van der Waals surface area contributed by atoms with Crippen LogP contribution in [0.4, 0.5) is 0 Å². The van der Waals surface area contributed by atoms with Gasteiger partial charge < -0.3 is 14.6 Å². The molecule has 3 aromatic rings. The van der Waals surface area contributed by atoms with E-state index in [0.29, 0.717) is 18.7 Å². The molecule has 1 amide bonds. The number of nitrogens with one attached hydrogen (secondary N) is 2. The SMILES string of the molecule is COCCNS(=O)(=O)c1ccc(C(=O)NCc2ccccc2Cn2ccnc2)cc1. The number of hydrogen-bond donors (Lipinski definition) is 2. The van der Waals surface area contributed by atoms with E-state index in [9.17, 15) is 13.2 Å². The Kier molecular flexibility index (Phi) is 7.34. The summed E-state index contributed by atoms with van der Waals surface area (Å²) in [6, 6.07) is 13.7. The molecular weight excluding hydrogens is 404 g/mol. The first kappa shape index (κ1) is 21.7. The highest BCUT2D eigenvalue weighted by Gasteiger charge is 2.14. The zero-order chi connectivity index (χ0) is 21.4. The highest BCUT2D eigenvalue weighted by molar-refractivity contribution is 7.89. The summed E-state index contributed by atoms with van der Waals surface area (Å²) < 4.78 is 33.6. The van der Waals surface area contributed by atoms with Crippen molar-refractivity contribution in [1.29, 1.82) is 0 Å². The predicted molar refractivity (Wildman–Crippen MR) is 112 cm³/mol. The van der Waals surface area contributed by atoms with Crippen molar-refractivity contribution in [2.75, 3.05) is 20.3 Å². The van der Waals surface area contributed by atoms with E-state index in [4.69, 9.17) is 4.74 Å². The smallest absolute Gasteiger partial charge is 0.251 e. The maximum Gasteiger partial charge on any atom is 0.251 e. The summed E-state index contributed by atoms with van der Waals surface area (Å²) >= 11 is 0. The van der Waals surface area contributed by atoms with Crippen LogP contribution in [0.15, 0.2) is 72.1 Å². The highest BCUT2D eigenvalue weighted by atomic mass is 32.2. The largest absolute Gasteiger partial charge is 0.383 e. The lowest BCUT2D eigenvalue weighted by Gasteiger charge is -2.12. The minimum Gasteiger partial charge on any atom is -0.383 e. The van der Waals surface area contributed by atoms with Gasteiger partial charge in [0.15, 0.2) is 0 Å². The fourth-order valence-electron chi connectivity index (χ4n) is 2.89. The molecule has 8 nitrogen and oxygen atoms in total. The Morgan fingerprint density at radius 2 is 1.83 bits per heavy atom. The predicted octanol–water partition coefficient (Wildman–Crippen LogP) is 1.79. The average Bonchev–Trinajstić information content (AvgIpc) is 3.26. The lowest BCUT2D eigenvalue weighted by molar-refractivity contribution is 0.0950. The Bertz CT molecular complexity index is 1060. The molecule has 0 aliphatic carbocycles. The number of methoxy groups -OCH3 is 1. The number of carbonyl (C=O) groups is 1. The van der Waals surface area contributed by atoms with E-state index in [1.165, 1.54) is 31.4 Å². The van der Waals surface area contributed by atoms with Crippen molar-refractivity contribution >= 4 is 15.9 Å². The fourth-order valence-corrected chi connectivity index (χ4v) is 3.90. The van der Waals surface area contributed by atoms with E-state index < -0.39 is 10.0 Å². The van der Waals surface area contributed by atoms with E-state index in [0.717, 1.165) is 11.1 Å². The molecule has 9 heteroatoms. The lowest BCUT2D eigenvalue weighted by atomic mass is 10.1. The quantitative estimate of drug-likeness (QED) is 0.479. The number of benzene rings is 2. The summed E-state index contributed by atoms with van der Waals surface area (Å²) in [6.45, 7) is 1.48. The van der Waals surface area contributed by atoms with Crippen LogP contribution in [0.2, 0.25) is 0 Å². The van der Waals surface area contributed by atoms with Gasteiger partial charge in [-0.2, -0.15) is 0 Å². The molecule has 0 bridgehead atoms. The van der Waals surface area contributed by atoms with Crippen LogP contribution >= 0.6 is 0 Å². The van der Waals surface area contributed by atoms with Gasteiger partial charge in [-0.1, -0.05) is 24.3 Å². The number of imidazole rings is 1. The van der Waals surface area contributed by atoms with Gasteiger partial charge in [0.05, 0.1) is 17.8 Å². The normalized spacial score (nSPS) is 11.4. The second-order valence-corrected chi connectivity index (χ2v) is 8.37. The number of hydrogen-bond acceptors (Lipinski definition) is 5. The van der Waals surface area contributed by atoms with Gasteiger partial charge in [0.1, 0.15) is 0 Å². The molecule has 0 saturated carbocycles. The lowest BCUT2D eigenvalue weighted by Crippen LogP contribution is -2.27. The molecule has 3 rings (SSSR count). The van der Waals surface area contributed by atoms with Gasteiger partial charge in [-0.05, 0) is 35.4 Å². The molecule has 1 heterocycles. The van der Waals surface area contributed by atoms with Crippen LogP contribution < -0.4 is 10.0 Å². The van der Waals surface area contributed by atoms with Crippen molar-refractivity contribution in [3.63, 3.8) is 0 Å². The Morgan fingerprint density at radius 3 is 2.50 bits per heavy atom. The number of rotatable bonds is 10. The monoisotopic (exact) mass is 428 g/mol. The molecule has 0 spiro atoms. The highest BCUT2D eigenvalue weighted by Crippen LogP contribution is 2.13. The summed E-state index contributed by atoms with van der Waals surface area (Å²) in [6.07, 6.45) is 5.35. The number of nitrogens with zero attached hydrogens (tertiary/aromatic N) is 2. The molecule has 0 unspecified atom stereocenters. The standard InChI is InChI=1S/C21H24N4O4S/c1-29-13-11-24-30(27,28)20-8-6-17(7-9-20)21(26)23-14-18-4-2-3-5-19(18)15-25-12-10-22-16-25/h2-10,12,16,24H,11,13-15H2,1H3,(H,23,26). The molecule has 0 atom stereocenters. The average molecular weight is 429 g/mol. The van der Waals surface area contributed by atoms with Crippen LogP contribution in [0.5, 0.6) is 0 Å². The molecular formula is C21H24N4O4S. The molecule has 30 heavy (non-hydrogen) atoms. The van der Waals surface area contributed by atoms with Crippen molar-refractivity contribution in [2.24, 2.45) is 0 Å². The van der Waals surface area contributed by atoms with E-state index in [1.807, 2.05) is 35.0 Å². The molecule has 2 aromatic carbocycles. The summed E-state index contributed by atoms with van der Waals surface area (Å²) in [5.74, 6) is -0.274. The van der Waals surface area contributed by atoms with Crippen molar-refractivity contribution < 1.29 is 17.9 Å². The van der Waals surface area contributed by atoms with Gasteiger partial charge in [0.25, 0.3) is 5.91 Å². The molecule has 1 aromatic heterocycles. The van der Waals surface area contributed by atoms with Crippen LogP contribution in [0.1, 0.15) is 21.5 Å². The zero-order valence-corrected chi connectivity index (χ0v) is 17.4. The van der Waals surface area contributed by atoms with Crippen molar-refractivity contribution in [1.82, 2.24) is 19.6 Å². The number of sulfonamides is 1. The first-order valence-electron chi connectivity index (χ1n) is 9.39. The van der Waals surface area contributed by atoms with Crippen molar-refractivity contribution in [3.8, 4) is 0 Å². The van der Waals surface area contributed by atoms with Gasteiger partial charge in [0.2, 0.25) is 10.0 Å². The Balaban J connectivity index is 1.62. The third-order valence-electron chi connectivity index (χ3n) is 4.49. The van der Waals surface area contributed by atoms with E-state index >= 15 is 0 Å². The molecule has 0 saturated heterocycles. The molecule has 158 valence electrons. The first-order valence-corrected chi connectivity index (χ1v) is 10.9. The number of ether oxygens (including phenoxy) is 1. The van der Waals surface area contributed by atoms with Crippen LogP contribution in [0.25, 0.3) is 0 Å². The molecule has 2 N–H and O–H groups in total. The minimum absolute atomic E-state index is 0.0980. The van der Waals surface area contributed by atoms with Crippen LogP contribution in [-0.4, -0.2) is 44.1 Å². The Hall–Kier alpha value is -3.01. The summed E-state index contributed by atoms with van der Waals surface area (Å²) in [4.78, 5) is 16.7. The van der Waals surface area contributed by atoms with Gasteiger partial charge in [-0.25, -0.2) is 18.1 Å². The Morgan fingerprint density at radius 1 is 1.10 bits per heavy atom. The second-order valence-electron chi connectivity index (χ2n) is 6.60. The van der Waals surface area contributed by atoms with Gasteiger partial charge in [0, 0.05) is 44.7 Å². The number of carbonyl (C=O) groups excluding carboxylic acids is 1. The minimum atomic E-state index is -3.63. The topological polar surface area (TPSA) is 102 Å². The van der Waals surface area contributed by atoms with Crippen LogP contribution in [0.3, 0.4) is 0 Å². The van der Waals surface area contributed by atoms with E-state index in [-0.39, 0.29) is 24.0 Å². The Labute approximate surface area is 176 Å². The number of amides is 1. The van der Waals surface area contributed by atoms with Crippen LogP contribution in [-0.2, 0) is 27.8 Å². The van der Waals surface area contributed by atoms with Gasteiger partial charge in [-0.3, -0.25) is 4.79 Å². The van der Waals surface area contributed by atoms with E-state index in [1.54, 1.807) is 12.5 Å². The maximum atomic E-state index is 12.5. The molecule has 0 radical (unpaired) electrons.